The average Bonchev–Trinajstić information content (AvgIpc) is 3.20. The first-order valence-electron chi connectivity index (χ1n) is 7.88. The molecule has 26 heavy (non-hydrogen) atoms. The number of hydrogen-bond donors (Lipinski definition) is 2. The molecular formula is C19H17N3O4. The zero-order valence-corrected chi connectivity index (χ0v) is 14.1. The van der Waals surface area contributed by atoms with Crippen LogP contribution >= 0.6 is 0 Å². The van der Waals surface area contributed by atoms with E-state index in [-0.39, 0.29) is 11.6 Å². The molecule has 0 saturated heterocycles. The van der Waals surface area contributed by atoms with Crippen LogP contribution in [0.5, 0.6) is 0 Å². The highest BCUT2D eigenvalue weighted by Gasteiger charge is 2.09. The monoisotopic (exact) mass is 351 g/mol. The first kappa shape index (κ1) is 17.2. The lowest BCUT2D eigenvalue weighted by Crippen LogP contribution is -2.23. The normalized spacial score (nSPS) is 10.2. The molecule has 0 radical (unpaired) electrons. The van der Waals surface area contributed by atoms with Crippen molar-refractivity contribution in [3.63, 3.8) is 0 Å². The quantitative estimate of drug-likeness (QED) is 0.663. The molecule has 3 aromatic rings. The number of carbonyl (C=O) groups is 2. The van der Waals surface area contributed by atoms with Crippen LogP contribution in [0.15, 0.2) is 65.4 Å². The molecule has 2 N–H and O–H groups in total. The molecular weight excluding hydrogens is 334 g/mol. The molecule has 0 aliphatic heterocycles. The zero-order valence-electron chi connectivity index (χ0n) is 14.1. The lowest BCUT2D eigenvalue weighted by Gasteiger charge is -2.09. The second-order valence-electron chi connectivity index (χ2n) is 5.39. The van der Waals surface area contributed by atoms with E-state index in [0.29, 0.717) is 23.6 Å². The second kappa shape index (κ2) is 7.98. The summed E-state index contributed by atoms with van der Waals surface area (Å²) in [5.41, 5.74) is 2.22. The molecule has 2 aromatic heterocycles. The standard InChI is InChI=1S/C19H17N3O4/c1-25-19(24)13-4-6-14(7-5-13)22-15-8-9-20-17(11-15)18(23)21-12-16-3-2-10-26-16/h2-11H,12H2,1H3,(H,20,22)(H,21,23). The number of aromatic nitrogens is 1. The third-order valence-electron chi connectivity index (χ3n) is 3.59. The van der Waals surface area contributed by atoms with E-state index in [1.54, 1.807) is 61.0 Å². The number of hydrogen-bond acceptors (Lipinski definition) is 6. The minimum absolute atomic E-state index is 0.285. The van der Waals surface area contributed by atoms with Gasteiger partial charge in [-0.1, -0.05) is 0 Å². The predicted octanol–water partition coefficient (Wildman–Crippen LogP) is 3.13. The van der Waals surface area contributed by atoms with Crippen LogP contribution in [0.3, 0.4) is 0 Å². The molecule has 0 fully saturated rings. The number of nitrogens with one attached hydrogen (secondary N) is 2. The SMILES string of the molecule is COC(=O)c1ccc(Nc2ccnc(C(=O)NCc3ccco3)c2)cc1. The molecule has 132 valence electrons. The molecule has 0 atom stereocenters. The van der Waals surface area contributed by atoms with Crippen LogP contribution in [0.2, 0.25) is 0 Å². The van der Waals surface area contributed by atoms with Gasteiger partial charge in [-0.2, -0.15) is 0 Å². The smallest absolute Gasteiger partial charge is 0.337 e. The number of anilines is 2. The topological polar surface area (TPSA) is 93.5 Å². The van der Waals surface area contributed by atoms with Crippen LogP contribution in [0.4, 0.5) is 11.4 Å². The summed E-state index contributed by atoms with van der Waals surface area (Å²) in [5.74, 6) is -0.0274. The van der Waals surface area contributed by atoms with Gasteiger partial charge in [-0.25, -0.2) is 4.79 Å². The molecule has 0 spiro atoms. The minimum Gasteiger partial charge on any atom is -0.467 e. The van der Waals surface area contributed by atoms with E-state index in [9.17, 15) is 9.59 Å². The Morgan fingerprint density at radius 2 is 1.92 bits per heavy atom. The number of pyridine rings is 1. The molecule has 1 aromatic carbocycles. The average molecular weight is 351 g/mol. The lowest BCUT2D eigenvalue weighted by molar-refractivity contribution is 0.0600. The van der Waals surface area contributed by atoms with E-state index >= 15 is 0 Å². The van der Waals surface area contributed by atoms with Crippen LogP contribution in [-0.4, -0.2) is 24.0 Å². The van der Waals surface area contributed by atoms with Crippen molar-refractivity contribution in [3.05, 3.63) is 78.0 Å². The van der Waals surface area contributed by atoms with E-state index in [1.165, 1.54) is 7.11 Å². The molecule has 0 unspecified atom stereocenters. The maximum Gasteiger partial charge on any atom is 0.337 e. The molecule has 7 heteroatoms. The highest BCUT2D eigenvalue weighted by Crippen LogP contribution is 2.18. The van der Waals surface area contributed by atoms with E-state index in [1.807, 2.05) is 0 Å². The lowest BCUT2D eigenvalue weighted by atomic mass is 10.2. The number of rotatable bonds is 6. The number of amides is 1. The minimum atomic E-state index is -0.393. The van der Waals surface area contributed by atoms with Crippen molar-refractivity contribution in [2.45, 2.75) is 6.54 Å². The fourth-order valence-electron chi connectivity index (χ4n) is 2.28. The zero-order chi connectivity index (χ0) is 18.4. The van der Waals surface area contributed by atoms with Crippen LogP contribution in [0.25, 0.3) is 0 Å². The van der Waals surface area contributed by atoms with Crippen molar-refractivity contribution in [3.8, 4) is 0 Å². The summed E-state index contributed by atoms with van der Waals surface area (Å²) in [6.07, 6.45) is 3.10. The number of furan rings is 1. The van der Waals surface area contributed by atoms with Gasteiger partial charge >= 0.3 is 5.97 Å². The van der Waals surface area contributed by atoms with Crippen molar-refractivity contribution in [2.75, 3.05) is 12.4 Å². The maximum absolute atomic E-state index is 12.2. The Morgan fingerprint density at radius 1 is 1.12 bits per heavy atom. The second-order valence-corrected chi connectivity index (χ2v) is 5.39. The van der Waals surface area contributed by atoms with Crippen LogP contribution in [0.1, 0.15) is 26.6 Å². The van der Waals surface area contributed by atoms with E-state index in [0.717, 1.165) is 5.69 Å². The third-order valence-corrected chi connectivity index (χ3v) is 3.59. The summed E-state index contributed by atoms with van der Waals surface area (Å²) in [6, 6.07) is 13.8. The first-order valence-corrected chi connectivity index (χ1v) is 7.88. The summed E-state index contributed by atoms with van der Waals surface area (Å²) < 4.78 is 9.84. The Kier molecular flexibility index (Phi) is 5.28. The third kappa shape index (κ3) is 4.27. The maximum atomic E-state index is 12.2. The number of benzene rings is 1. The van der Waals surface area contributed by atoms with Crippen LogP contribution < -0.4 is 10.6 Å². The number of esters is 1. The summed E-state index contributed by atoms with van der Waals surface area (Å²) >= 11 is 0. The van der Waals surface area contributed by atoms with Gasteiger partial charge in [0, 0.05) is 17.6 Å². The van der Waals surface area contributed by atoms with Gasteiger partial charge < -0.3 is 19.8 Å². The van der Waals surface area contributed by atoms with Gasteiger partial charge in [0.25, 0.3) is 5.91 Å². The predicted molar refractivity (Wildman–Crippen MR) is 95.2 cm³/mol. The van der Waals surface area contributed by atoms with Crippen LogP contribution in [-0.2, 0) is 11.3 Å². The molecule has 2 heterocycles. The van der Waals surface area contributed by atoms with Gasteiger partial charge in [0.05, 0.1) is 25.5 Å². The van der Waals surface area contributed by atoms with E-state index in [4.69, 9.17) is 4.42 Å². The van der Waals surface area contributed by atoms with Gasteiger partial charge in [0.2, 0.25) is 0 Å². The van der Waals surface area contributed by atoms with Crippen molar-refractivity contribution in [2.24, 2.45) is 0 Å². The van der Waals surface area contributed by atoms with Crippen molar-refractivity contribution < 1.29 is 18.7 Å². The summed E-state index contributed by atoms with van der Waals surface area (Å²) in [5, 5.41) is 5.91. The molecule has 1 amide bonds. The van der Waals surface area contributed by atoms with E-state index in [2.05, 4.69) is 20.4 Å². The Bertz CT molecular complexity index is 889. The molecule has 0 saturated carbocycles. The van der Waals surface area contributed by atoms with Gasteiger partial charge in [0.1, 0.15) is 11.5 Å². The number of ether oxygens (including phenoxy) is 1. The fraction of sp³-hybridized carbons (Fsp3) is 0.105. The summed E-state index contributed by atoms with van der Waals surface area (Å²) in [6.45, 7) is 0.292. The molecule has 7 nitrogen and oxygen atoms in total. The first-order chi connectivity index (χ1) is 12.7. The van der Waals surface area contributed by atoms with Gasteiger partial charge in [0.15, 0.2) is 0 Å². The van der Waals surface area contributed by atoms with E-state index < -0.39 is 5.97 Å². The number of methoxy groups -OCH3 is 1. The molecule has 0 aliphatic carbocycles. The van der Waals surface area contributed by atoms with Crippen molar-refractivity contribution in [1.29, 1.82) is 0 Å². The highest BCUT2D eigenvalue weighted by molar-refractivity contribution is 5.93. The highest BCUT2D eigenvalue weighted by atomic mass is 16.5. The van der Waals surface area contributed by atoms with Gasteiger partial charge in [-0.15, -0.1) is 0 Å². The number of nitrogens with zero attached hydrogens (tertiary/aromatic N) is 1. The van der Waals surface area contributed by atoms with Gasteiger partial charge in [-0.05, 0) is 48.5 Å². The Hall–Kier alpha value is -3.61. The van der Waals surface area contributed by atoms with Gasteiger partial charge in [-0.3, -0.25) is 9.78 Å². The largest absolute Gasteiger partial charge is 0.467 e. The van der Waals surface area contributed by atoms with Crippen molar-refractivity contribution >= 4 is 23.3 Å². The Balaban J connectivity index is 1.65. The van der Waals surface area contributed by atoms with Crippen LogP contribution in [0, 0.1) is 0 Å². The van der Waals surface area contributed by atoms with Crippen molar-refractivity contribution in [1.82, 2.24) is 10.3 Å². The summed E-state index contributed by atoms with van der Waals surface area (Å²) in [4.78, 5) is 27.7. The molecule has 0 bridgehead atoms. The number of carbonyl (C=O) groups excluding carboxylic acids is 2. The Labute approximate surface area is 150 Å². The summed E-state index contributed by atoms with van der Waals surface area (Å²) in [7, 11) is 1.34. The fourth-order valence-corrected chi connectivity index (χ4v) is 2.28. The molecule has 0 aliphatic rings. The Morgan fingerprint density at radius 3 is 2.62 bits per heavy atom. The molecule has 3 rings (SSSR count).